The first-order chi connectivity index (χ1) is 19.9. The first-order valence-corrected chi connectivity index (χ1v) is 15.8. The molecule has 1 fully saturated rings. The molecule has 1 heterocycles. The first kappa shape index (κ1) is 29.4. The van der Waals surface area contributed by atoms with Crippen LogP contribution in [0.2, 0.25) is 0 Å². The van der Waals surface area contributed by atoms with Gasteiger partial charge in [0.05, 0.1) is 27.3 Å². The van der Waals surface area contributed by atoms with Crippen LogP contribution in [0.3, 0.4) is 0 Å². The van der Waals surface area contributed by atoms with Crippen molar-refractivity contribution in [2.75, 3.05) is 6.61 Å². The van der Waals surface area contributed by atoms with Gasteiger partial charge in [-0.2, -0.15) is 0 Å². The molecule has 0 saturated carbocycles. The number of aliphatic imine (C=N–C) groups is 1. The van der Waals surface area contributed by atoms with Crippen molar-refractivity contribution >= 4 is 73.1 Å². The molecule has 0 bridgehead atoms. The van der Waals surface area contributed by atoms with E-state index in [2.05, 4.69) is 38.5 Å². The Morgan fingerprint density at radius 3 is 2.39 bits per heavy atom. The number of hydrogen-bond donors (Lipinski definition) is 0. The number of carbonyl (C=O) groups is 1. The smallest absolute Gasteiger partial charge is 0.267 e. The molecule has 4 aromatic carbocycles. The van der Waals surface area contributed by atoms with Crippen molar-refractivity contribution in [1.29, 1.82) is 0 Å². The second-order valence-electron chi connectivity index (χ2n) is 9.40. The molecule has 0 spiro atoms. The van der Waals surface area contributed by atoms with Gasteiger partial charge >= 0.3 is 0 Å². The van der Waals surface area contributed by atoms with Gasteiger partial charge in [0.1, 0.15) is 6.61 Å². The van der Waals surface area contributed by atoms with Crippen molar-refractivity contribution in [3.63, 3.8) is 0 Å². The van der Waals surface area contributed by atoms with Crippen LogP contribution in [0.15, 0.2) is 105 Å². The molecular formula is C33H28BrIN2O3S. The minimum atomic E-state index is -0.0757. The highest BCUT2D eigenvalue weighted by molar-refractivity contribution is 14.1. The third-order valence-electron chi connectivity index (χ3n) is 6.26. The molecular weight excluding hydrogens is 711 g/mol. The summed E-state index contributed by atoms with van der Waals surface area (Å²) in [5.74, 6) is 1.26. The molecule has 1 aliphatic rings. The standard InChI is InChI=1S/C33H28BrIN2O3S/c1-3-39-29-18-25(17-28(35)31(29)40-21-24-11-13-26(34)14-12-24)19-30-32(38)37(20-23-7-5-4-6-8-23)33(41-30)36-27-15-9-22(2)10-16-27/h4-19H,3,20-21H2,1-2H3/b30-19+,36-33?. The summed E-state index contributed by atoms with van der Waals surface area (Å²) in [5.41, 5.74) is 4.94. The second kappa shape index (κ2) is 13.7. The lowest BCUT2D eigenvalue weighted by molar-refractivity contribution is -0.122. The quantitative estimate of drug-likeness (QED) is 0.127. The number of carbonyl (C=O) groups excluding carboxylic acids is 1. The van der Waals surface area contributed by atoms with Crippen molar-refractivity contribution in [3.05, 3.63) is 126 Å². The Hall–Kier alpha value is -3.08. The van der Waals surface area contributed by atoms with Gasteiger partial charge in [-0.05, 0) is 107 Å². The number of halogens is 2. The van der Waals surface area contributed by atoms with Crippen LogP contribution in [0.5, 0.6) is 11.5 Å². The van der Waals surface area contributed by atoms with Gasteiger partial charge in [-0.1, -0.05) is 76.1 Å². The van der Waals surface area contributed by atoms with E-state index in [1.165, 1.54) is 11.8 Å². The molecule has 0 radical (unpaired) electrons. The number of amides is 1. The average Bonchev–Trinajstić information content (AvgIpc) is 3.24. The molecule has 1 saturated heterocycles. The molecule has 5 rings (SSSR count). The number of benzene rings is 4. The molecule has 5 nitrogen and oxygen atoms in total. The van der Waals surface area contributed by atoms with E-state index in [1.807, 2.05) is 111 Å². The van der Waals surface area contributed by atoms with Gasteiger partial charge in [-0.3, -0.25) is 9.69 Å². The molecule has 8 heteroatoms. The number of aryl methyl sites for hydroxylation is 1. The van der Waals surface area contributed by atoms with Gasteiger partial charge < -0.3 is 9.47 Å². The molecule has 0 aliphatic carbocycles. The van der Waals surface area contributed by atoms with Crippen molar-refractivity contribution in [3.8, 4) is 11.5 Å². The van der Waals surface area contributed by atoms with Crippen LogP contribution in [0, 0.1) is 10.5 Å². The number of ether oxygens (including phenoxy) is 2. The van der Waals surface area contributed by atoms with Crippen LogP contribution in [0.4, 0.5) is 5.69 Å². The lowest BCUT2D eigenvalue weighted by atomic mass is 10.1. The van der Waals surface area contributed by atoms with E-state index in [-0.39, 0.29) is 5.91 Å². The van der Waals surface area contributed by atoms with Crippen molar-refractivity contribution in [2.24, 2.45) is 4.99 Å². The molecule has 0 N–H and O–H groups in total. The maximum atomic E-state index is 13.7. The first-order valence-electron chi connectivity index (χ1n) is 13.1. The number of rotatable bonds is 9. The lowest BCUT2D eigenvalue weighted by Crippen LogP contribution is -2.28. The molecule has 0 unspecified atom stereocenters. The van der Waals surface area contributed by atoms with Crippen LogP contribution in [0.25, 0.3) is 6.08 Å². The summed E-state index contributed by atoms with van der Waals surface area (Å²) in [5, 5.41) is 0.656. The van der Waals surface area contributed by atoms with E-state index < -0.39 is 0 Å². The molecule has 0 atom stereocenters. The van der Waals surface area contributed by atoms with Crippen LogP contribution in [-0.2, 0) is 17.9 Å². The summed E-state index contributed by atoms with van der Waals surface area (Å²) in [6.07, 6.45) is 1.91. The monoisotopic (exact) mass is 738 g/mol. The van der Waals surface area contributed by atoms with Crippen molar-refractivity contribution in [2.45, 2.75) is 27.0 Å². The van der Waals surface area contributed by atoms with E-state index in [0.29, 0.717) is 41.3 Å². The van der Waals surface area contributed by atoms with Gasteiger partial charge in [0.25, 0.3) is 5.91 Å². The summed E-state index contributed by atoms with van der Waals surface area (Å²) >= 11 is 7.12. The Balaban J connectivity index is 1.45. The zero-order chi connectivity index (χ0) is 28.8. The minimum absolute atomic E-state index is 0.0757. The summed E-state index contributed by atoms with van der Waals surface area (Å²) < 4.78 is 14.1. The highest BCUT2D eigenvalue weighted by Gasteiger charge is 2.33. The molecule has 208 valence electrons. The third-order valence-corrected chi connectivity index (χ3v) is 8.59. The highest BCUT2D eigenvalue weighted by Crippen LogP contribution is 2.39. The van der Waals surface area contributed by atoms with Crippen LogP contribution < -0.4 is 9.47 Å². The zero-order valence-electron chi connectivity index (χ0n) is 22.6. The minimum Gasteiger partial charge on any atom is -0.490 e. The number of hydrogen-bond acceptors (Lipinski definition) is 5. The predicted molar refractivity (Wildman–Crippen MR) is 180 cm³/mol. The molecule has 1 amide bonds. The summed E-state index contributed by atoms with van der Waals surface area (Å²) in [6.45, 7) is 5.35. The number of thioether (sulfide) groups is 1. The number of amidine groups is 1. The van der Waals surface area contributed by atoms with Gasteiger partial charge in [-0.15, -0.1) is 0 Å². The van der Waals surface area contributed by atoms with Crippen LogP contribution >= 0.6 is 50.3 Å². The third kappa shape index (κ3) is 7.61. The molecule has 4 aromatic rings. The number of nitrogens with zero attached hydrogens (tertiary/aromatic N) is 2. The van der Waals surface area contributed by atoms with E-state index in [0.717, 1.165) is 36.0 Å². The van der Waals surface area contributed by atoms with Crippen LogP contribution in [0.1, 0.15) is 29.2 Å². The van der Waals surface area contributed by atoms with Gasteiger partial charge in [0.15, 0.2) is 16.7 Å². The van der Waals surface area contributed by atoms with Crippen LogP contribution in [-0.4, -0.2) is 22.6 Å². The Morgan fingerprint density at radius 2 is 1.68 bits per heavy atom. The molecule has 1 aliphatic heterocycles. The topological polar surface area (TPSA) is 51.1 Å². The SMILES string of the molecule is CCOc1cc(/C=C2/SC(=Nc3ccc(C)cc3)N(Cc3ccccc3)C2=O)cc(I)c1OCc1ccc(Br)cc1. The van der Waals surface area contributed by atoms with E-state index in [9.17, 15) is 4.79 Å². The Kier molecular flexibility index (Phi) is 9.84. The Labute approximate surface area is 266 Å². The average molecular weight is 739 g/mol. The van der Waals surface area contributed by atoms with Crippen molar-refractivity contribution < 1.29 is 14.3 Å². The Bertz CT molecular complexity index is 1590. The van der Waals surface area contributed by atoms with Gasteiger partial charge in [-0.25, -0.2) is 4.99 Å². The summed E-state index contributed by atoms with van der Waals surface area (Å²) in [4.78, 5) is 20.9. The predicted octanol–water partition coefficient (Wildman–Crippen LogP) is 9.14. The highest BCUT2D eigenvalue weighted by atomic mass is 127. The zero-order valence-corrected chi connectivity index (χ0v) is 27.2. The fraction of sp³-hybridized carbons (Fsp3) is 0.152. The normalized spacial score (nSPS) is 15.1. The second-order valence-corrected chi connectivity index (χ2v) is 12.5. The van der Waals surface area contributed by atoms with Gasteiger partial charge in [0, 0.05) is 4.47 Å². The summed E-state index contributed by atoms with van der Waals surface area (Å²) in [7, 11) is 0. The fourth-order valence-corrected chi connectivity index (χ4v) is 6.23. The largest absolute Gasteiger partial charge is 0.490 e. The maximum Gasteiger partial charge on any atom is 0.267 e. The van der Waals surface area contributed by atoms with E-state index in [1.54, 1.807) is 4.90 Å². The lowest BCUT2D eigenvalue weighted by Gasteiger charge is -2.16. The fourth-order valence-electron chi connectivity index (χ4n) is 4.19. The Morgan fingerprint density at radius 1 is 0.951 bits per heavy atom. The summed E-state index contributed by atoms with van der Waals surface area (Å²) in [6, 6.07) is 29.9. The molecule has 41 heavy (non-hydrogen) atoms. The van der Waals surface area contributed by atoms with E-state index in [4.69, 9.17) is 14.5 Å². The molecule has 0 aromatic heterocycles. The van der Waals surface area contributed by atoms with E-state index >= 15 is 0 Å². The van der Waals surface area contributed by atoms with Gasteiger partial charge in [0.2, 0.25) is 0 Å². The van der Waals surface area contributed by atoms with Crippen molar-refractivity contribution in [1.82, 2.24) is 4.90 Å². The maximum absolute atomic E-state index is 13.7.